The molecule has 1 aromatic carbocycles. The minimum Gasteiger partial charge on any atom is -0.497 e. The molecule has 0 heterocycles. The molecule has 0 aliphatic heterocycles. The Kier molecular flexibility index (Phi) is 2.86. The SMILES string of the molecule is COc1ccc(C=NC#N)cc1. The van der Waals surface area contributed by atoms with Crippen LogP contribution in [-0.4, -0.2) is 13.3 Å². The van der Waals surface area contributed by atoms with Crippen LogP contribution in [-0.2, 0) is 0 Å². The quantitative estimate of drug-likeness (QED) is 0.487. The molecule has 0 aromatic heterocycles. The first-order valence-corrected chi connectivity index (χ1v) is 3.43. The Morgan fingerprint density at radius 3 is 2.58 bits per heavy atom. The number of aliphatic imine (C=N–C) groups is 1. The van der Waals surface area contributed by atoms with E-state index < -0.39 is 0 Å². The van der Waals surface area contributed by atoms with E-state index in [2.05, 4.69) is 4.99 Å². The number of methoxy groups -OCH3 is 1. The molecule has 0 aliphatic carbocycles. The maximum Gasteiger partial charge on any atom is 0.205 e. The average molecular weight is 160 g/mol. The van der Waals surface area contributed by atoms with Crippen LogP contribution in [0.4, 0.5) is 0 Å². The highest BCUT2D eigenvalue weighted by Crippen LogP contribution is 2.09. The lowest BCUT2D eigenvalue weighted by molar-refractivity contribution is 0.415. The molecule has 0 aliphatic rings. The fraction of sp³-hybridized carbons (Fsp3) is 0.111. The van der Waals surface area contributed by atoms with Crippen molar-refractivity contribution in [3.63, 3.8) is 0 Å². The third-order valence-electron chi connectivity index (χ3n) is 1.39. The zero-order chi connectivity index (χ0) is 8.81. The van der Waals surface area contributed by atoms with E-state index in [-0.39, 0.29) is 0 Å². The van der Waals surface area contributed by atoms with Crippen molar-refractivity contribution in [3.8, 4) is 11.9 Å². The summed E-state index contributed by atoms with van der Waals surface area (Å²) in [4.78, 5) is 3.44. The van der Waals surface area contributed by atoms with Gasteiger partial charge in [0.15, 0.2) is 0 Å². The third-order valence-corrected chi connectivity index (χ3v) is 1.39. The molecule has 0 N–H and O–H groups in total. The van der Waals surface area contributed by atoms with Crippen molar-refractivity contribution in [3.05, 3.63) is 29.8 Å². The summed E-state index contributed by atoms with van der Waals surface area (Å²) >= 11 is 0. The lowest BCUT2D eigenvalue weighted by atomic mass is 10.2. The van der Waals surface area contributed by atoms with E-state index in [1.54, 1.807) is 13.3 Å². The molecule has 0 saturated carbocycles. The first-order valence-electron chi connectivity index (χ1n) is 3.43. The average Bonchev–Trinajstić information content (AvgIpc) is 2.15. The van der Waals surface area contributed by atoms with Crippen LogP contribution in [0.3, 0.4) is 0 Å². The maximum atomic E-state index is 8.16. The molecule has 0 unspecified atom stereocenters. The van der Waals surface area contributed by atoms with E-state index in [1.807, 2.05) is 24.3 Å². The van der Waals surface area contributed by atoms with Gasteiger partial charge in [-0.25, -0.2) is 0 Å². The van der Waals surface area contributed by atoms with Gasteiger partial charge in [-0.15, -0.1) is 0 Å². The Morgan fingerprint density at radius 2 is 2.08 bits per heavy atom. The lowest BCUT2D eigenvalue weighted by Crippen LogP contribution is -1.83. The van der Waals surface area contributed by atoms with Crippen molar-refractivity contribution in [2.24, 2.45) is 4.99 Å². The van der Waals surface area contributed by atoms with Gasteiger partial charge in [-0.2, -0.15) is 10.3 Å². The van der Waals surface area contributed by atoms with Crippen LogP contribution < -0.4 is 4.74 Å². The third kappa shape index (κ3) is 2.10. The Labute approximate surface area is 70.9 Å². The number of ether oxygens (including phenoxy) is 1. The second-order valence-corrected chi connectivity index (χ2v) is 2.13. The molecule has 0 fully saturated rings. The largest absolute Gasteiger partial charge is 0.497 e. The fourth-order valence-corrected chi connectivity index (χ4v) is 0.793. The molecule has 0 atom stereocenters. The summed E-state index contributed by atoms with van der Waals surface area (Å²) in [6.45, 7) is 0. The molecule has 0 bridgehead atoms. The molecule has 3 nitrogen and oxygen atoms in total. The van der Waals surface area contributed by atoms with Gasteiger partial charge in [0.05, 0.1) is 7.11 Å². The van der Waals surface area contributed by atoms with Gasteiger partial charge in [0.25, 0.3) is 0 Å². The van der Waals surface area contributed by atoms with E-state index in [9.17, 15) is 0 Å². The van der Waals surface area contributed by atoms with Gasteiger partial charge >= 0.3 is 0 Å². The van der Waals surface area contributed by atoms with Crippen LogP contribution in [0.1, 0.15) is 5.56 Å². The highest BCUT2D eigenvalue weighted by Gasteiger charge is 1.89. The molecular formula is C9H8N2O. The Balaban J connectivity index is 2.79. The molecule has 60 valence electrons. The van der Waals surface area contributed by atoms with Crippen molar-refractivity contribution < 1.29 is 4.74 Å². The first-order chi connectivity index (χ1) is 5.86. The van der Waals surface area contributed by atoms with Crippen molar-refractivity contribution in [1.82, 2.24) is 0 Å². The number of nitrogens with zero attached hydrogens (tertiary/aromatic N) is 2. The summed E-state index contributed by atoms with van der Waals surface area (Å²) in [6, 6.07) is 7.30. The number of rotatable bonds is 2. The zero-order valence-corrected chi connectivity index (χ0v) is 6.69. The van der Waals surface area contributed by atoms with Crippen LogP contribution in [0.25, 0.3) is 0 Å². The van der Waals surface area contributed by atoms with Gasteiger partial charge in [0.2, 0.25) is 6.19 Å². The normalized spacial score (nSPS) is 9.67. The van der Waals surface area contributed by atoms with Crippen LogP contribution in [0, 0.1) is 11.5 Å². The van der Waals surface area contributed by atoms with Crippen molar-refractivity contribution in [1.29, 1.82) is 5.26 Å². The highest BCUT2D eigenvalue weighted by atomic mass is 16.5. The van der Waals surface area contributed by atoms with Crippen LogP contribution in [0.15, 0.2) is 29.3 Å². The Morgan fingerprint density at radius 1 is 1.42 bits per heavy atom. The van der Waals surface area contributed by atoms with Gasteiger partial charge in [-0.1, -0.05) is 0 Å². The van der Waals surface area contributed by atoms with E-state index >= 15 is 0 Å². The standard InChI is InChI=1S/C9H8N2O/c1-12-9-4-2-8(3-5-9)6-11-7-10/h2-6H,1H3. The summed E-state index contributed by atoms with van der Waals surface area (Å²) < 4.78 is 4.96. The van der Waals surface area contributed by atoms with E-state index in [0.717, 1.165) is 11.3 Å². The summed E-state index contributed by atoms with van der Waals surface area (Å²) in [5.41, 5.74) is 0.886. The minimum absolute atomic E-state index is 0.795. The molecule has 0 spiro atoms. The van der Waals surface area contributed by atoms with E-state index in [0.29, 0.717) is 0 Å². The van der Waals surface area contributed by atoms with Crippen LogP contribution >= 0.6 is 0 Å². The van der Waals surface area contributed by atoms with Crippen molar-refractivity contribution in [2.75, 3.05) is 7.11 Å². The highest BCUT2D eigenvalue weighted by molar-refractivity contribution is 5.80. The molecular weight excluding hydrogens is 152 g/mol. The second kappa shape index (κ2) is 4.14. The second-order valence-electron chi connectivity index (χ2n) is 2.13. The van der Waals surface area contributed by atoms with Gasteiger partial charge in [0.1, 0.15) is 5.75 Å². The summed E-state index contributed by atoms with van der Waals surface area (Å²) in [5, 5.41) is 8.16. The molecule has 3 heteroatoms. The lowest BCUT2D eigenvalue weighted by Gasteiger charge is -1.97. The zero-order valence-electron chi connectivity index (χ0n) is 6.69. The summed E-state index contributed by atoms with van der Waals surface area (Å²) in [7, 11) is 1.61. The van der Waals surface area contributed by atoms with Gasteiger partial charge < -0.3 is 4.74 Å². The molecule has 12 heavy (non-hydrogen) atoms. The van der Waals surface area contributed by atoms with E-state index in [1.165, 1.54) is 6.21 Å². The monoisotopic (exact) mass is 160 g/mol. The fourth-order valence-electron chi connectivity index (χ4n) is 0.793. The molecule has 0 saturated heterocycles. The Bertz CT molecular complexity index is 308. The smallest absolute Gasteiger partial charge is 0.205 e. The van der Waals surface area contributed by atoms with Crippen molar-refractivity contribution in [2.45, 2.75) is 0 Å². The van der Waals surface area contributed by atoms with Gasteiger partial charge in [-0.05, 0) is 29.8 Å². The van der Waals surface area contributed by atoms with Gasteiger partial charge in [-0.3, -0.25) is 0 Å². The number of benzene rings is 1. The molecule has 1 aromatic rings. The number of hydrogen-bond acceptors (Lipinski definition) is 3. The molecule has 1 rings (SSSR count). The minimum atomic E-state index is 0.795. The first kappa shape index (κ1) is 8.28. The summed E-state index contributed by atoms with van der Waals surface area (Å²) in [6.07, 6.45) is 3.18. The van der Waals surface area contributed by atoms with Crippen LogP contribution in [0.5, 0.6) is 5.75 Å². The van der Waals surface area contributed by atoms with Crippen molar-refractivity contribution >= 4 is 6.21 Å². The molecule has 0 radical (unpaired) electrons. The predicted octanol–water partition coefficient (Wildman–Crippen LogP) is 1.60. The maximum absolute atomic E-state index is 8.16. The number of hydrogen-bond donors (Lipinski definition) is 0. The van der Waals surface area contributed by atoms with E-state index in [4.69, 9.17) is 10.00 Å². The van der Waals surface area contributed by atoms with Crippen LogP contribution in [0.2, 0.25) is 0 Å². The Hall–Kier alpha value is -1.82. The van der Waals surface area contributed by atoms with Gasteiger partial charge in [0, 0.05) is 6.21 Å². The topological polar surface area (TPSA) is 45.4 Å². The number of nitriles is 1. The molecule has 0 amide bonds. The summed E-state index contributed by atoms with van der Waals surface area (Å²) in [5.74, 6) is 0.795. The predicted molar refractivity (Wildman–Crippen MR) is 46.2 cm³/mol.